The number of benzene rings is 1. The van der Waals surface area contributed by atoms with E-state index in [0.29, 0.717) is 4.99 Å². The van der Waals surface area contributed by atoms with E-state index in [1.54, 1.807) is 0 Å². The quantitative estimate of drug-likeness (QED) is 0.849. The predicted octanol–water partition coefficient (Wildman–Crippen LogP) is 2.55. The summed E-state index contributed by atoms with van der Waals surface area (Å²) in [6.45, 7) is 13.1. The molecule has 1 aromatic rings. The molecule has 2 rings (SSSR count). The van der Waals surface area contributed by atoms with Crippen molar-refractivity contribution in [2.24, 2.45) is 5.73 Å². The molecule has 20 heavy (non-hydrogen) atoms. The number of hydrogen-bond acceptors (Lipinski definition) is 3. The second-order valence-corrected chi connectivity index (χ2v) is 6.97. The van der Waals surface area contributed by atoms with Crippen molar-refractivity contribution in [3.63, 3.8) is 0 Å². The molecular weight excluding hydrogens is 266 g/mol. The van der Waals surface area contributed by atoms with Crippen molar-refractivity contribution in [1.82, 2.24) is 4.90 Å². The lowest BCUT2D eigenvalue weighted by molar-refractivity contribution is 0.128. The Bertz CT molecular complexity index is 497. The molecular formula is C16H25N3S. The minimum absolute atomic E-state index is 0.241. The smallest absolute Gasteiger partial charge is 0.106 e. The highest BCUT2D eigenvalue weighted by molar-refractivity contribution is 7.80. The molecule has 0 aliphatic carbocycles. The lowest BCUT2D eigenvalue weighted by atomic mass is 10.0. The van der Waals surface area contributed by atoms with Gasteiger partial charge in [0.2, 0.25) is 0 Å². The largest absolute Gasteiger partial charge is 0.389 e. The van der Waals surface area contributed by atoms with Gasteiger partial charge in [-0.3, -0.25) is 4.90 Å². The van der Waals surface area contributed by atoms with Gasteiger partial charge in [-0.15, -0.1) is 0 Å². The third-order valence-electron chi connectivity index (χ3n) is 3.99. The molecule has 1 aliphatic heterocycles. The summed E-state index contributed by atoms with van der Waals surface area (Å²) < 4.78 is 0. The SMILES string of the molecule is Cc1ccc(N2CCN(C(C)(C)C)CC2)c(C(N)=S)c1. The molecule has 3 nitrogen and oxygen atoms in total. The van der Waals surface area contributed by atoms with Crippen LogP contribution in [-0.2, 0) is 0 Å². The first-order valence-corrected chi connectivity index (χ1v) is 7.60. The normalized spacial score (nSPS) is 17.3. The third-order valence-corrected chi connectivity index (χ3v) is 4.21. The molecule has 0 radical (unpaired) electrons. The molecule has 0 atom stereocenters. The van der Waals surface area contributed by atoms with Gasteiger partial charge in [-0.1, -0.05) is 23.8 Å². The highest BCUT2D eigenvalue weighted by Gasteiger charge is 2.26. The summed E-state index contributed by atoms with van der Waals surface area (Å²) in [7, 11) is 0. The topological polar surface area (TPSA) is 32.5 Å². The molecule has 1 heterocycles. The van der Waals surface area contributed by atoms with Gasteiger partial charge < -0.3 is 10.6 Å². The Kier molecular flexibility index (Phi) is 4.35. The van der Waals surface area contributed by atoms with Gasteiger partial charge in [0.15, 0.2) is 0 Å². The molecule has 1 aromatic carbocycles. The van der Waals surface area contributed by atoms with Crippen molar-refractivity contribution >= 4 is 22.9 Å². The average Bonchev–Trinajstić information content (AvgIpc) is 2.37. The van der Waals surface area contributed by atoms with Crippen molar-refractivity contribution < 1.29 is 0 Å². The number of thiocarbonyl (C=S) groups is 1. The van der Waals surface area contributed by atoms with E-state index < -0.39 is 0 Å². The van der Waals surface area contributed by atoms with Crippen LogP contribution in [0.2, 0.25) is 0 Å². The fourth-order valence-electron chi connectivity index (χ4n) is 2.74. The van der Waals surface area contributed by atoms with Gasteiger partial charge in [-0.25, -0.2) is 0 Å². The summed E-state index contributed by atoms with van der Waals surface area (Å²) >= 11 is 5.20. The first-order valence-electron chi connectivity index (χ1n) is 7.19. The van der Waals surface area contributed by atoms with E-state index in [2.05, 4.69) is 55.7 Å². The Morgan fingerprint density at radius 2 is 1.75 bits per heavy atom. The monoisotopic (exact) mass is 291 g/mol. The summed E-state index contributed by atoms with van der Waals surface area (Å²) in [5.74, 6) is 0. The average molecular weight is 291 g/mol. The Morgan fingerprint density at radius 1 is 1.15 bits per heavy atom. The van der Waals surface area contributed by atoms with E-state index in [-0.39, 0.29) is 5.54 Å². The van der Waals surface area contributed by atoms with Gasteiger partial charge in [-0.2, -0.15) is 0 Å². The fraction of sp³-hybridized carbons (Fsp3) is 0.562. The summed E-state index contributed by atoms with van der Waals surface area (Å²) in [4.78, 5) is 5.41. The first-order chi connectivity index (χ1) is 9.29. The zero-order valence-corrected chi connectivity index (χ0v) is 13.8. The van der Waals surface area contributed by atoms with Crippen molar-refractivity contribution in [3.8, 4) is 0 Å². The Hall–Kier alpha value is -1.13. The Morgan fingerprint density at radius 3 is 2.25 bits per heavy atom. The fourth-order valence-corrected chi connectivity index (χ4v) is 2.90. The number of nitrogens with zero attached hydrogens (tertiary/aromatic N) is 2. The molecule has 0 aromatic heterocycles. The first kappa shape index (κ1) is 15.3. The minimum Gasteiger partial charge on any atom is -0.389 e. The van der Waals surface area contributed by atoms with E-state index in [9.17, 15) is 0 Å². The molecule has 1 saturated heterocycles. The predicted molar refractivity (Wildman–Crippen MR) is 90.6 cm³/mol. The highest BCUT2D eigenvalue weighted by Crippen LogP contribution is 2.25. The van der Waals surface area contributed by atoms with Crippen LogP contribution in [0.15, 0.2) is 18.2 Å². The lowest BCUT2D eigenvalue weighted by Crippen LogP contribution is -2.53. The molecule has 2 N–H and O–H groups in total. The number of hydrogen-bond donors (Lipinski definition) is 1. The van der Waals surface area contributed by atoms with E-state index in [4.69, 9.17) is 18.0 Å². The molecule has 1 fully saturated rings. The van der Waals surface area contributed by atoms with Gasteiger partial charge in [0.1, 0.15) is 4.99 Å². The van der Waals surface area contributed by atoms with Gasteiger partial charge in [-0.05, 0) is 39.8 Å². The molecule has 0 spiro atoms. The maximum absolute atomic E-state index is 5.88. The second kappa shape index (κ2) is 5.70. The number of piperazine rings is 1. The molecule has 4 heteroatoms. The number of anilines is 1. The van der Waals surface area contributed by atoms with Crippen LogP contribution < -0.4 is 10.6 Å². The van der Waals surface area contributed by atoms with E-state index in [1.807, 2.05) is 0 Å². The number of nitrogens with two attached hydrogens (primary N) is 1. The van der Waals surface area contributed by atoms with E-state index in [1.165, 1.54) is 11.3 Å². The summed E-state index contributed by atoms with van der Waals surface area (Å²) in [5, 5.41) is 0. The maximum Gasteiger partial charge on any atom is 0.106 e. The second-order valence-electron chi connectivity index (χ2n) is 6.53. The standard InChI is InChI=1S/C16H25N3S/c1-12-5-6-14(13(11-12)15(17)20)18-7-9-19(10-8-18)16(2,3)4/h5-6,11H,7-10H2,1-4H3,(H2,17,20). The number of rotatable bonds is 2. The van der Waals surface area contributed by atoms with E-state index >= 15 is 0 Å². The molecule has 1 aliphatic rings. The maximum atomic E-state index is 5.88. The Labute approximate surface area is 127 Å². The van der Waals surface area contributed by atoms with Crippen molar-refractivity contribution in [2.45, 2.75) is 33.2 Å². The van der Waals surface area contributed by atoms with Crippen LogP contribution in [0, 0.1) is 6.92 Å². The van der Waals surface area contributed by atoms with Crippen LogP contribution >= 0.6 is 12.2 Å². The van der Waals surface area contributed by atoms with Crippen molar-refractivity contribution in [3.05, 3.63) is 29.3 Å². The summed E-state index contributed by atoms with van der Waals surface area (Å²) in [6, 6.07) is 6.37. The number of aryl methyl sites for hydroxylation is 1. The van der Waals surface area contributed by atoms with Crippen LogP contribution in [0.25, 0.3) is 0 Å². The van der Waals surface area contributed by atoms with Crippen LogP contribution in [0.3, 0.4) is 0 Å². The lowest BCUT2D eigenvalue weighted by Gasteiger charge is -2.43. The van der Waals surface area contributed by atoms with Crippen molar-refractivity contribution in [1.29, 1.82) is 0 Å². The highest BCUT2D eigenvalue weighted by atomic mass is 32.1. The van der Waals surface area contributed by atoms with Crippen LogP contribution in [0.4, 0.5) is 5.69 Å². The van der Waals surface area contributed by atoms with Crippen LogP contribution in [-0.4, -0.2) is 41.6 Å². The zero-order valence-electron chi connectivity index (χ0n) is 12.9. The molecule has 110 valence electrons. The van der Waals surface area contributed by atoms with Gasteiger partial charge >= 0.3 is 0 Å². The van der Waals surface area contributed by atoms with Crippen LogP contribution in [0.1, 0.15) is 31.9 Å². The van der Waals surface area contributed by atoms with Gasteiger partial charge in [0, 0.05) is 43.0 Å². The summed E-state index contributed by atoms with van der Waals surface area (Å²) in [6.07, 6.45) is 0. The molecule has 0 saturated carbocycles. The van der Waals surface area contributed by atoms with Crippen LogP contribution in [0.5, 0.6) is 0 Å². The third kappa shape index (κ3) is 3.30. The molecule has 0 amide bonds. The molecule has 0 unspecified atom stereocenters. The van der Waals surface area contributed by atoms with Gasteiger partial charge in [0.25, 0.3) is 0 Å². The van der Waals surface area contributed by atoms with Gasteiger partial charge in [0.05, 0.1) is 0 Å². The van der Waals surface area contributed by atoms with E-state index in [0.717, 1.165) is 31.7 Å². The zero-order chi connectivity index (χ0) is 14.9. The minimum atomic E-state index is 0.241. The Balaban J connectivity index is 2.17. The molecule has 0 bridgehead atoms. The van der Waals surface area contributed by atoms with Crippen molar-refractivity contribution in [2.75, 3.05) is 31.1 Å². The summed E-state index contributed by atoms with van der Waals surface area (Å²) in [5.41, 5.74) is 9.50.